The van der Waals surface area contributed by atoms with Gasteiger partial charge in [-0.3, -0.25) is 0 Å². The summed E-state index contributed by atoms with van der Waals surface area (Å²) in [6, 6.07) is 0. The van der Waals surface area contributed by atoms with Crippen molar-refractivity contribution in [1.29, 1.82) is 0 Å². The predicted molar refractivity (Wildman–Crippen MR) is 79.5 cm³/mol. The molecule has 2 aromatic rings. The van der Waals surface area contributed by atoms with Crippen molar-refractivity contribution in [3.63, 3.8) is 0 Å². The molecular formula is C13H20N4O2S. The first-order valence-electron chi connectivity index (χ1n) is 6.36. The van der Waals surface area contributed by atoms with Crippen LogP contribution < -0.4 is 15.0 Å². The van der Waals surface area contributed by atoms with E-state index in [1.165, 1.54) is 0 Å². The molecule has 0 amide bonds. The first kappa shape index (κ1) is 14.8. The molecule has 0 unspecified atom stereocenters. The van der Waals surface area contributed by atoms with Gasteiger partial charge in [0, 0.05) is 32.7 Å². The number of ether oxygens (including phenoxy) is 1. The monoisotopic (exact) mass is 296 g/mol. The maximum Gasteiger partial charge on any atom is 0.230 e. The number of methoxy groups -OCH3 is 1. The molecular weight excluding hydrogens is 276 g/mol. The number of aryl methyl sites for hydroxylation is 2. The Morgan fingerprint density at radius 3 is 2.60 bits per heavy atom. The molecule has 0 saturated heterocycles. The lowest BCUT2D eigenvalue weighted by Crippen LogP contribution is -2.13. The summed E-state index contributed by atoms with van der Waals surface area (Å²) in [7, 11) is 5.59. The Morgan fingerprint density at radius 1 is 1.30 bits per heavy atom. The van der Waals surface area contributed by atoms with E-state index in [1.54, 1.807) is 18.4 Å². The Kier molecular flexibility index (Phi) is 4.61. The van der Waals surface area contributed by atoms with Crippen LogP contribution in [0.15, 0.2) is 4.52 Å². The second-order valence-corrected chi connectivity index (χ2v) is 5.79. The summed E-state index contributed by atoms with van der Waals surface area (Å²) in [6.45, 7) is 5.30. The fourth-order valence-electron chi connectivity index (χ4n) is 1.84. The van der Waals surface area contributed by atoms with E-state index in [-0.39, 0.29) is 0 Å². The van der Waals surface area contributed by atoms with Gasteiger partial charge in [0.1, 0.15) is 5.76 Å². The largest absolute Gasteiger partial charge is 0.480 e. The molecule has 0 spiro atoms. The van der Waals surface area contributed by atoms with Crippen LogP contribution in [0.25, 0.3) is 0 Å². The lowest BCUT2D eigenvalue weighted by Gasteiger charge is -2.05. The molecule has 20 heavy (non-hydrogen) atoms. The zero-order valence-electron chi connectivity index (χ0n) is 12.5. The Morgan fingerprint density at radius 2 is 2.05 bits per heavy atom. The molecule has 7 heteroatoms. The molecule has 0 radical (unpaired) electrons. The number of anilines is 1. The van der Waals surface area contributed by atoms with Crippen molar-refractivity contribution in [2.45, 2.75) is 26.9 Å². The third kappa shape index (κ3) is 3.10. The van der Waals surface area contributed by atoms with Gasteiger partial charge in [-0.2, -0.15) is 4.98 Å². The number of rotatable bonds is 6. The van der Waals surface area contributed by atoms with Crippen LogP contribution in [0.2, 0.25) is 0 Å². The number of hydrogen-bond acceptors (Lipinski definition) is 7. The van der Waals surface area contributed by atoms with E-state index in [0.29, 0.717) is 12.4 Å². The maximum atomic E-state index is 5.31. The maximum absolute atomic E-state index is 5.31. The zero-order chi connectivity index (χ0) is 14.7. The van der Waals surface area contributed by atoms with Gasteiger partial charge in [-0.15, -0.1) is 0 Å². The van der Waals surface area contributed by atoms with Gasteiger partial charge >= 0.3 is 0 Å². The molecule has 0 aliphatic carbocycles. The van der Waals surface area contributed by atoms with Crippen molar-refractivity contribution < 1.29 is 9.26 Å². The fourth-order valence-corrected chi connectivity index (χ4v) is 2.77. The normalized spacial score (nSPS) is 10.8. The summed E-state index contributed by atoms with van der Waals surface area (Å²) in [6.07, 6.45) is 0. The van der Waals surface area contributed by atoms with Crippen LogP contribution in [0, 0.1) is 13.8 Å². The van der Waals surface area contributed by atoms with Crippen LogP contribution in [0.4, 0.5) is 5.13 Å². The molecule has 1 N–H and O–H groups in total. The summed E-state index contributed by atoms with van der Waals surface area (Å²) < 4.78 is 10.5. The Balaban J connectivity index is 2.00. The fraction of sp³-hybridized carbons (Fsp3) is 0.538. The van der Waals surface area contributed by atoms with Gasteiger partial charge in [-0.1, -0.05) is 16.5 Å². The van der Waals surface area contributed by atoms with Crippen LogP contribution in [0.1, 0.15) is 21.9 Å². The van der Waals surface area contributed by atoms with E-state index in [4.69, 9.17) is 9.26 Å². The molecule has 2 aromatic heterocycles. The number of thiazole rings is 1. The highest BCUT2D eigenvalue weighted by molar-refractivity contribution is 7.15. The molecule has 0 aromatic carbocycles. The number of aromatic nitrogens is 2. The highest BCUT2D eigenvalue weighted by Crippen LogP contribution is 2.30. The van der Waals surface area contributed by atoms with Crippen LogP contribution in [0.5, 0.6) is 5.88 Å². The number of nitrogens with one attached hydrogen (secondary N) is 1. The molecule has 0 bridgehead atoms. The summed E-state index contributed by atoms with van der Waals surface area (Å²) >= 11 is 1.63. The van der Waals surface area contributed by atoms with Gasteiger partial charge in [0.25, 0.3) is 0 Å². The zero-order valence-corrected chi connectivity index (χ0v) is 13.3. The molecule has 110 valence electrons. The van der Waals surface area contributed by atoms with Gasteiger partial charge in [0.05, 0.1) is 17.7 Å². The minimum Gasteiger partial charge on any atom is -0.480 e. The van der Waals surface area contributed by atoms with Crippen molar-refractivity contribution in [3.05, 3.63) is 21.9 Å². The van der Waals surface area contributed by atoms with Crippen molar-refractivity contribution in [2.24, 2.45) is 0 Å². The Bertz CT molecular complexity index is 557. The van der Waals surface area contributed by atoms with Gasteiger partial charge in [-0.05, 0) is 13.8 Å². The quantitative estimate of drug-likeness (QED) is 0.881. The lowest BCUT2D eigenvalue weighted by molar-refractivity contribution is 0.391. The van der Waals surface area contributed by atoms with Crippen molar-refractivity contribution >= 4 is 16.5 Å². The van der Waals surface area contributed by atoms with Crippen molar-refractivity contribution in [1.82, 2.24) is 15.5 Å². The molecule has 6 nitrogen and oxygen atoms in total. The van der Waals surface area contributed by atoms with E-state index in [2.05, 4.69) is 15.5 Å². The molecule has 0 aliphatic rings. The lowest BCUT2D eigenvalue weighted by atomic mass is 10.2. The van der Waals surface area contributed by atoms with Crippen molar-refractivity contribution in [3.8, 4) is 5.88 Å². The average Bonchev–Trinajstić information content (AvgIpc) is 2.96. The summed E-state index contributed by atoms with van der Waals surface area (Å²) in [5, 5.41) is 8.27. The van der Waals surface area contributed by atoms with Gasteiger partial charge in [0.2, 0.25) is 5.88 Å². The van der Waals surface area contributed by atoms with E-state index >= 15 is 0 Å². The summed E-state index contributed by atoms with van der Waals surface area (Å²) in [5.41, 5.74) is 2.04. The molecule has 0 aliphatic heterocycles. The van der Waals surface area contributed by atoms with Crippen LogP contribution in [0.3, 0.4) is 0 Å². The van der Waals surface area contributed by atoms with Crippen LogP contribution >= 0.6 is 11.3 Å². The topological polar surface area (TPSA) is 63.4 Å². The average molecular weight is 296 g/mol. The minimum absolute atomic E-state index is 0.685. The smallest absolute Gasteiger partial charge is 0.230 e. The SMILES string of the molecule is COc1nc(N(C)C)sc1CNCc1c(C)noc1C. The number of hydrogen-bond donors (Lipinski definition) is 1. The molecule has 2 heterocycles. The summed E-state index contributed by atoms with van der Waals surface area (Å²) in [5.74, 6) is 1.55. The standard InChI is InChI=1S/C13H20N4O2S/c1-8-10(9(2)19-16-8)6-14-7-11-12(18-5)15-13(20-11)17(3)4/h14H,6-7H2,1-5H3. The molecule has 0 fully saturated rings. The van der Waals surface area contributed by atoms with E-state index in [0.717, 1.165) is 33.6 Å². The number of nitrogens with zero attached hydrogens (tertiary/aromatic N) is 3. The van der Waals surface area contributed by atoms with Crippen molar-refractivity contribution in [2.75, 3.05) is 26.1 Å². The predicted octanol–water partition coefficient (Wildman–Crippen LogP) is 2.11. The first-order valence-corrected chi connectivity index (χ1v) is 7.18. The Labute approximate surface area is 122 Å². The highest BCUT2D eigenvalue weighted by Gasteiger charge is 2.14. The van der Waals surface area contributed by atoms with Gasteiger partial charge in [-0.25, -0.2) is 0 Å². The minimum atomic E-state index is 0.685. The van der Waals surface area contributed by atoms with E-state index in [1.807, 2.05) is 32.8 Å². The second-order valence-electron chi connectivity index (χ2n) is 4.73. The first-order chi connectivity index (χ1) is 9.52. The third-order valence-corrected chi connectivity index (χ3v) is 4.20. The third-order valence-electron chi connectivity index (χ3n) is 2.99. The van der Waals surface area contributed by atoms with E-state index < -0.39 is 0 Å². The summed E-state index contributed by atoms with van der Waals surface area (Å²) in [4.78, 5) is 7.49. The molecule has 0 atom stereocenters. The van der Waals surface area contributed by atoms with Crippen LogP contribution in [-0.2, 0) is 13.1 Å². The van der Waals surface area contributed by atoms with Gasteiger partial charge in [0.15, 0.2) is 5.13 Å². The van der Waals surface area contributed by atoms with E-state index in [9.17, 15) is 0 Å². The second kappa shape index (κ2) is 6.23. The molecule has 2 rings (SSSR count). The highest BCUT2D eigenvalue weighted by atomic mass is 32.1. The molecule has 0 saturated carbocycles. The van der Waals surface area contributed by atoms with Gasteiger partial charge < -0.3 is 19.5 Å². The van der Waals surface area contributed by atoms with Crippen LogP contribution in [-0.4, -0.2) is 31.3 Å². The Hall–Kier alpha value is -1.60.